The van der Waals surface area contributed by atoms with Crippen LogP contribution in [0, 0.1) is 5.82 Å². The van der Waals surface area contributed by atoms with Crippen molar-refractivity contribution in [2.75, 3.05) is 6.54 Å². The SMILES string of the molecule is CCCNCc1ccccc1OCc1cccc(F)c1Cl. The molecule has 112 valence electrons. The number of nitrogens with one attached hydrogen (secondary N) is 1. The van der Waals surface area contributed by atoms with Crippen LogP contribution in [0.3, 0.4) is 0 Å². The maximum atomic E-state index is 13.4. The van der Waals surface area contributed by atoms with Gasteiger partial charge in [0.25, 0.3) is 0 Å². The van der Waals surface area contributed by atoms with Crippen molar-refractivity contribution in [2.45, 2.75) is 26.5 Å². The van der Waals surface area contributed by atoms with E-state index in [0.717, 1.165) is 30.8 Å². The molecule has 0 amide bonds. The van der Waals surface area contributed by atoms with E-state index in [1.54, 1.807) is 12.1 Å². The molecule has 1 N–H and O–H groups in total. The summed E-state index contributed by atoms with van der Waals surface area (Å²) in [7, 11) is 0. The molecule has 2 aromatic rings. The number of rotatable bonds is 7. The Balaban J connectivity index is 2.04. The van der Waals surface area contributed by atoms with Crippen molar-refractivity contribution < 1.29 is 9.13 Å². The summed E-state index contributed by atoms with van der Waals surface area (Å²) in [5, 5.41) is 3.47. The molecule has 21 heavy (non-hydrogen) atoms. The van der Waals surface area contributed by atoms with E-state index >= 15 is 0 Å². The molecule has 4 heteroatoms. The number of hydrogen-bond donors (Lipinski definition) is 1. The van der Waals surface area contributed by atoms with Gasteiger partial charge in [-0.1, -0.05) is 48.9 Å². The molecule has 2 rings (SSSR count). The van der Waals surface area contributed by atoms with Crippen LogP contribution < -0.4 is 10.1 Å². The van der Waals surface area contributed by atoms with E-state index in [4.69, 9.17) is 16.3 Å². The third kappa shape index (κ3) is 4.45. The molecule has 0 saturated heterocycles. The molecule has 0 unspecified atom stereocenters. The Morgan fingerprint density at radius 1 is 1.10 bits per heavy atom. The van der Waals surface area contributed by atoms with Crippen LogP contribution in [0.2, 0.25) is 5.02 Å². The number of halogens is 2. The number of hydrogen-bond acceptors (Lipinski definition) is 2. The van der Waals surface area contributed by atoms with Gasteiger partial charge in [-0.25, -0.2) is 4.39 Å². The average Bonchev–Trinajstić information content (AvgIpc) is 2.50. The maximum absolute atomic E-state index is 13.4. The quantitative estimate of drug-likeness (QED) is 0.757. The summed E-state index contributed by atoms with van der Waals surface area (Å²) in [6.45, 7) is 4.09. The highest BCUT2D eigenvalue weighted by atomic mass is 35.5. The molecule has 0 saturated carbocycles. The highest BCUT2D eigenvalue weighted by Crippen LogP contribution is 2.23. The topological polar surface area (TPSA) is 21.3 Å². The van der Waals surface area contributed by atoms with Crippen LogP contribution in [0.4, 0.5) is 4.39 Å². The predicted molar refractivity (Wildman–Crippen MR) is 84.2 cm³/mol. The summed E-state index contributed by atoms with van der Waals surface area (Å²) < 4.78 is 19.2. The second-order valence-corrected chi connectivity index (χ2v) is 5.16. The molecule has 0 aliphatic rings. The van der Waals surface area contributed by atoms with Crippen molar-refractivity contribution in [3.05, 3.63) is 64.4 Å². The van der Waals surface area contributed by atoms with E-state index in [2.05, 4.69) is 12.2 Å². The summed E-state index contributed by atoms with van der Waals surface area (Å²) in [5.41, 5.74) is 1.73. The van der Waals surface area contributed by atoms with Crippen LogP contribution in [0.15, 0.2) is 42.5 Å². The van der Waals surface area contributed by atoms with Crippen molar-refractivity contribution in [1.82, 2.24) is 5.32 Å². The molecule has 0 bridgehead atoms. The lowest BCUT2D eigenvalue weighted by molar-refractivity contribution is 0.301. The smallest absolute Gasteiger partial charge is 0.142 e. The highest BCUT2D eigenvalue weighted by molar-refractivity contribution is 6.31. The van der Waals surface area contributed by atoms with Crippen molar-refractivity contribution >= 4 is 11.6 Å². The second kappa shape index (κ2) is 8.01. The van der Waals surface area contributed by atoms with Gasteiger partial charge >= 0.3 is 0 Å². The van der Waals surface area contributed by atoms with E-state index in [1.165, 1.54) is 6.07 Å². The molecule has 0 fully saturated rings. The minimum absolute atomic E-state index is 0.124. The Hall–Kier alpha value is -1.58. The number of ether oxygens (including phenoxy) is 1. The summed E-state index contributed by atoms with van der Waals surface area (Å²) in [4.78, 5) is 0. The van der Waals surface area contributed by atoms with Crippen LogP contribution in [0.25, 0.3) is 0 Å². The highest BCUT2D eigenvalue weighted by Gasteiger charge is 2.08. The van der Waals surface area contributed by atoms with Gasteiger partial charge in [-0.15, -0.1) is 0 Å². The van der Waals surface area contributed by atoms with Gasteiger partial charge in [0.1, 0.15) is 18.2 Å². The Bertz CT molecular complexity index is 589. The van der Waals surface area contributed by atoms with Crippen LogP contribution in [-0.4, -0.2) is 6.54 Å². The normalized spacial score (nSPS) is 10.6. The Labute approximate surface area is 129 Å². The summed E-state index contributed by atoms with van der Waals surface area (Å²) in [6.07, 6.45) is 1.09. The lowest BCUT2D eigenvalue weighted by atomic mass is 10.2. The molecular weight excluding hydrogens is 289 g/mol. The third-order valence-corrected chi connectivity index (χ3v) is 3.55. The third-order valence-electron chi connectivity index (χ3n) is 3.13. The van der Waals surface area contributed by atoms with Crippen LogP contribution in [0.5, 0.6) is 5.75 Å². The first-order chi connectivity index (χ1) is 10.2. The minimum atomic E-state index is -0.421. The molecule has 2 aromatic carbocycles. The van der Waals surface area contributed by atoms with Crippen molar-refractivity contribution in [1.29, 1.82) is 0 Å². The standard InChI is InChI=1S/C17H19ClFNO/c1-2-10-20-11-13-6-3-4-9-16(13)21-12-14-7-5-8-15(19)17(14)18/h3-9,20H,2,10-12H2,1H3. The Kier molecular flexibility index (Phi) is 6.03. The van der Waals surface area contributed by atoms with Crippen LogP contribution >= 0.6 is 11.6 Å². The molecule has 0 radical (unpaired) electrons. The molecule has 2 nitrogen and oxygen atoms in total. The largest absolute Gasteiger partial charge is 0.489 e. The zero-order chi connectivity index (χ0) is 15.1. The van der Waals surface area contributed by atoms with Gasteiger partial charge < -0.3 is 10.1 Å². The zero-order valence-corrected chi connectivity index (χ0v) is 12.8. The maximum Gasteiger partial charge on any atom is 0.142 e. The average molecular weight is 308 g/mol. The fourth-order valence-corrected chi connectivity index (χ4v) is 2.19. The Morgan fingerprint density at radius 3 is 2.67 bits per heavy atom. The first-order valence-corrected chi connectivity index (χ1v) is 7.44. The van der Waals surface area contributed by atoms with Gasteiger partial charge in [0.15, 0.2) is 0 Å². The summed E-state index contributed by atoms with van der Waals surface area (Å²) in [6, 6.07) is 12.6. The van der Waals surface area contributed by atoms with Crippen molar-refractivity contribution in [2.24, 2.45) is 0 Å². The summed E-state index contributed by atoms with van der Waals surface area (Å²) in [5.74, 6) is 0.372. The van der Waals surface area contributed by atoms with E-state index in [9.17, 15) is 4.39 Å². The fraction of sp³-hybridized carbons (Fsp3) is 0.294. The van der Waals surface area contributed by atoms with Crippen molar-refractivity contribution in [3.63, 3.8) is 0 Å². The van der Waals surface area contributed by atoms with Crippen LogP contribution in [0.1, 0.15) is 24.5 Å². The molecule has 0 heterocycles. The molecule has 0 aromatic heterocycles. The van der Waals surface area contributed by atoms with Gasteiger partial charge in [-0.3, -0.25) is 0 Å². The molecule has 0 spiro atoms. The zero-order valence-electron chi connectivity index (χ0n) is 12.0. The minimum Gasteiger partial charge on any atom is -0.489 e. The molecule has 0 aliphatic carbocycles. The number of para-hydroxylation sites is 1. The van der Waals surface area contributed by atoms with E-state index < -0.39 is 5.82 Å². The van der Waals surface area contributed by atoms with Gasteiger partial charge in [0.2, 0.25) is 0 Å². The van der Waals surface area contributed by atoms with E-state index in [0.29, 0.717) is 5.56 Å². The van der Waals surface area contributed by atoms with Gasteiger partial charge in [-0.05, 0) is 25.1 Å². The predicted octanol–water partition coefficient (Wildman–Crippen LogP) is 4.56. The first kappa shape index (κ1) is 15.8. The fourth-order valence-electron chi connectivity index (χ4n) is 2.01. The first-order valence-electron chi connectivity index (χ1n) is 7.06. The summed E-state index contributed by atoms with van der Waals surface area (Å²) >= 11 is 5.93. The van der Waals surface area contributed by atoms with E-state index in [-0.39, 0.29) is 11.6 Å². The lowest BCUT2D eigenvalue weighted by Gasteiger charge is -2.13. The van der Waals surface area contributed by atoms with Crippen molar-refractivity contribution in [3.8, 4) is 5.75 Å². The van der Waals surface area contributed by atoms with Gasteiger partial charge in [0, 0.05) is 17.7 Å². The lowest BCUT2D eigenvalue weighted by Crippen LogP contribution is -2.14. The van der Waals surface area contributed by atoms with Gasteiger partial charge in [-0.2, -0.15) is 0 Å². The molecule has 0 aliphatic heterocycles. The molecule has 0 atom stereocenters. The monoisotopic (exact) mass is 307 g/mol. The van der Waals surface area contributed by atoms with Crippen LogP contribution in [-0.2, 0) is 13.2 Å². The second-order valence-electron chi connectivity index (χ2n) is 4.79. The number of benzene rings is 2. The molecular formula is C17H19ClFNO. The Morgan fingerprint density at radius 2 is 1.86 bits per heavy atom. The van der Waals surface area contributed by atoms with E-state index in [1.807, 2.05) is 24.3 Å². The van der Waals surface area contributed by atoms with Gasteiger partial charge in [0.05, 0.1) is 5.02 Å².